The van der Waals surface area contributed by atoms with Gasteiger partial charge in [-0.25, -0.2) is 0 Å². The summed E-state index contributed by atoms with van der Waals surface area (Å²) in [5.41, 5.74) is 5.05. The molecule has 0 saturated carbocycles. The van der Waals surface area contributed by atoms with E-state index in [1.807, 2.05) is 26.2 Å². The summed E-state index contributed by atoms with van der Waals surface area (Å²) < 4.78 is 5.34. The summed E-state index contributed by atoms with van der Waals surface area (Å²) >= 11 is 5.22. The van der Waals surface area contributed by atoms with Crippen molar-refractivity contribution in [3.63, 3.8) is 0 Å². The number of morpholine rings is 1. The lowest BCUT2D eigenvalue weighted by Crippen LogP contribution is -2.39. The Morgan fingerprint density at radius 3 is 2.67 bits per heavy atom. The summed E-state index contributed by atoms with van der Waals surface area (Å²) in [5.74, 6) is 0. The van der Waals surface area contributed by atoms with Gasteiger partial charge < -0.3 is 15.0 Å². The quantitative estimate of drug-likeness (QED) is 0.335. The van der Waals surface area contributed by atoms with Crippen molar-refractivity contribution >= 4 is 29.2 Å². The first-order chi connectivity index (χ1) is 11.6. The molecule has 1 aliphatic rings. The van der Waals surface area contributed by atoms with Crippen molar-refractivity contribution in [1.29, 1.82) is 0 Å². The van der Waals surface area contributed by atoms with Gasteiger partial charge in [-0.1, -0.05) is 12.1 Å². The Kier molecular flexibility index (Phi) is 7.94. The molecular formula is C17H27N5OS. The number of nitrogens with zero attached hydrogens (tertiary/aromatic N) is 3. The second kappa shape index (κ2) is 10.2. The Labute approximate surface area is 149 Å². The Balaban J connectivity index is 1.60. The minimum atomic E-state index is 0.554. The van der Waals surface area contributed by atoms with Crippen LogP contribution in [0.1, 0.15) is 12.0 Å². The van der Waals surface area contributed by atoms with Crippen LogP contribution in [-0.4, -0.2) is 69.7 Å². The third-order valence-corrected chi connectivity index (χ3v) is 4.07. The molecule has 0 atom stereocenters. The number of ether oxygens (including phenoxy) is 1. The standard InChI is InChI=1S/C17H27N5OS/c1-21(2)16-6-4-15(5-7-16)14-19-20-17(24)18-8-3-9-22-10-12-23-13-11-22/h4-7,14H,3,8-13H2,1-2H3,(H2,18,20,24)/b19-14+. The minimum Gasteiger partial charge on any atom is -0.379 e. The SMILES string of the molecule is CN(C)c1ccc(/C=N/NC(=S)NCCCN2CCOCC2)cc1. The first-order valence-electron chi connectivity index (χ1n) is 8.29. The molecule has 0 amide bonds. The van der Waals surface area contributed by atoms with E-state index in [0.29, 0.717) is 5.11 Å². The zero-order chi connectivity index (χ0) is 17.2. The molecular weight excluding hydrogens is 322 g/mol. The molecule has 0 unspecified atom stereocenters. The van der Waals surface area contributed by atoms with Crippen molar-refractivity contribution in [3.05, 3.63) is 29.8 Å². The average molecular weight is 350 g/mol. The highest BCUT2D eigenvalue weighted by Gasteiger charge is 2.08. The predicted octanol–water partition coefficient (Wildman–Crippen LogP) is 1.27. The van der Waals surface area contributed by atoms with E-state index >= 15 is 0 Å². The topological polar surface area (TPSA) is 52.1 Å². The van der Waals surface area contributed by atoms with Gasteiger partial charge >= 0.3 is 0 Å². The van der Waals surface area contributed by atoms with Gasteiger partial charge in [-0.05, 0) is 42.9 Å². The lowest BCUT2D eigenvalue weighted by atomic mass is 10.2. The molecule has 132 valence electrons. The van der Waals surface area contributed by atoms with Gasteiger partial charge in [-0.15, -0.1) is 0 Å². The summed E-state index contributed by atoms with van der Waals surface area (Å²) in [5, 5.41) is 7.89. The van der Waals surface area contributed by atoms with E-state index in [2.05, 4.69) is 37.8 Å². The van der Waals surface area contributed by atoms with Gasteiger partial charge in [-0.2, -0.15) is 5.10 Å². The van der Waals surface area contributed by atoms with E-state index in [-0.39, 0.29) is 0 Å². The summed E-state index contributed by atoms with van der Waals surface area (Å²) in [7, 11) is 4.04. The lowest BCUT2D eigenvalue weighted by molar-refractivity contribution is 0.0376. The normalized spacial score (nSPS) is 15.4. The van der Waals surface area contributed by atoms with Crippen molar-refractivity contribution in [2.75, 3.05) is 58.4 Å². The summed E-state index contributed by atoms with van der Waals surface area (Å²) in [6.45, 7) is 5.66. The zero-order valence-electron chi connectivity index (χ0n) is 14.5. The van der Waals surface area contributed by atoms with Crippen LogP contribution in [0.15, 0.2) is 29.4 Å². The molecule has 1 saturated heterocycles. The molecule has 0 radical (unpaired) electrons. The molecule has 0 spiro atoms. The fourth-order valence-corrected chi connectivity index (χ4v) is 2.55. The second-order valence-corrected chi connectivity index (χ2v) is 6.33. The Hall–Kier alpha value is -1.70. The van der Waals surface area contributed by atoms with Crippen LogP contribution in [0.4, 0.5) is 5.69 Å². The second-order valence-electron chi connectivity index (χ2n) is 5.92. The molecule has 1 heterocycles. The number of rotatable bonds is 7. The van der Waals surface area contributed by atoms with Crippen LogP contribution >= 0.6 is 12.2 Å². The van der Waals surface area contributed by atoms with E-state index in [1.54, 1.807) is 6.21 Å². The van der Waals surface area contributed by atoms with Crippen molar-refractivity contribution in [2.45, 2.75) is 6.42 Å². The predicted molar refractivity (Wildman–Crippen MR) is 104 cm³/mol. The van der Waals surface area contributed by atoms with Gasteiger partial charge in [0, 0.05) is 39.4 Å². The maximum atomic E-state index is 5.34. The number of nitrogens with one attached hydrogen (secondary N) is 2. The molecule has 2 rings (SSSR count). The zero-order valence-corrected chi connectivity index (χ0v) is 15.3. The number of thiocarbonyl (C=S) groups is 1. The fourth-order valence-electron chi connectivity index (χ4n) is 2.39. The van der Waals surface area contributed by atoms with Crippen LogP contribution < -0.4 is 15.6 Å². The maximum Gasteiger partial charge on any atom is 0.186 e. The van der Waals surface area contributed by atoms with E-state index in [4.69, 9.17) is 17.0 Å². The molecule has 7 heteroatoms. The van der Waals surface area contributed by atoms with Gasteiger partial charge in [0.2, 0.25) is 0 Å². The maximum absolute atomic E-state index is 5.34. The van der Waals surface area contributed by atoms with Crippen LogP contribution in [0, 0.1) is 0 Å². The molecule has 0 aliphatic carbocycles. The molecule has 6 nitrogen and oxygen atoms in total. The molecule has 0 aromatic heterocycles. The Morgan fingerprint density at radius 1 is 1.29 bits per heavy atom. The Morgan fingerprint density at radius 2 is 2.00 bits per heavy atom. The van der Waals surface area contributed by atoms with Crippen LogP contribution in [0.25, 0.3) is 0 Å². The van der Waals surface area contributed by atoms with Crippen molar-refractivity contribution < 1.29 is 4.74 Å². The summed E-state index contributed by atoms with van der Waals surface area (Å²) in [6.07, 6.45) is 2.82. The van der Waals surface area contributed by atoms with E-state index in [0.717, 1.165) is 57.1 Å². The number of hydrogen-bond donors (Lipinski definition) is 2. The van der Waals surface area contributed by atoms with Gasteiger partial charge in [-0.3, -0.25) is 10.3 Å². The third kappa shape index (κ3) is 6.82. The monoisotopic (exact) mass is 349 g/mol. The van der Waals surface area contributed by atoms with Gasteiger partial charge in [0.25, 0.3) is 0 Å². The molecule has 24 heavy (non-hydrogen) atoms. The Bertz CT molecular complexity index is 526. The van der Waals surface area contributed by atoms with E-state index in [9.17, 15) is 0 Å². The number of hydrazone groups is 1. The summed E-state index contributed by atoms with van der Waals surface area (Å²) in [6, 6.07) is 8.17. The fraction of sp³-hybridized carbons (Fsp3) is 0.529. The number of anilines is 1. The lowest BCUT2D eigenvalue weighted by Gasteiger charge is -2.26. The van der Waals surface area contributed by atoms with Crippen LogP contribution in [0.5, 0.6) is 0 Å². The molecule has 1 aliphatic heterocycles. The highest BCUT2D eigenvalue weighted by molar-refractivity contribution is 7.80. The number of hydrogen-bond acceptors (Lipinski definition) is 5. The molecule has 1 aromatic carbocycles. The van der Waals surface area contributed by atoms with E-state index < -0.39 is 0 Å². The smallest absolute Gasteiger partial charge is 0.186 e. The van der Waals surface area contributed by atoms with Gasteiger partial charge in [0.1, 0.15) is 0 Å². The highest BCUT2D eigenvalue weighted by atomic mass is 32.1. The van der Waals surface area contributed by atoms with Gasteiger partial charge in [0.05, 0.1) is 19.4 Å². The summed E-state index contributed by atoms with van der Waals surface area (Å²) in [4.78, 5) is 4.48. The average Bonchev–Trinajstić information content (AvgIpc) is 2.60. The highest BCUT2D eigenvalue weighted by Crippen LogP contribution is 2.10. The first-order valence-corrected chi connectivity index (χ1v) is 8.70. The van der Waals surface area contributed by atoms with Crippen molar-refractivity contribution in [2.24, 2.45) is 5.10 Å². The molecule has 0 bridgehead atoms. The van der Waals surface area contributed by atoms with E-state index in [1.165, 1.54) is 0 Å². The van der Waals surface area contributed by atoms with Crippen LogP contribution in [0.3, 0.4) is 0 Å². The van der Waals surface area contributed by atoms with Gasteiger partial charge in [0.15, 0.2) is 5.11 Å². The van der Waals surface area contributed by atoms with Crippen LogP contribution in [-0.2, 0) is 4.74 Å². The van der Waals surface area contributed by atoms with Crippen molar-refractivity contribution in [3.8, 4) is 0 Å². The minimum absolute atomic E-state index is 0.554. The number of benzene rings is 1. The molecule has 2 N–H and O–H groups in total. The third-order valence-electron chi connectivity index (χ3n) is 3.83. The first kappa shape index (κ1) is 18.6. The largest absolute Gasteiger partial charge is 0.379 e. The molecule has 1 aromatic rings. The molecule has 1 fully saturated rings. The van der Waals surface area contributed by atoms with Crippen molar-refractivity contribution in [1.82, 2.24) is 15.6 Å². The van der Waals surface area contributed by atoms with Crippen LogP contribution in [0.2, 0.25) is 0 Å².